The summed E-state index contributed by atoms with van der Waals surface area (Å²) in [5, 5.41) is 22.9. The van der Waals surface area contributed by atoms with Crippen molar-refractivity contribution in [3.63, 3.8) is 0 Å². The Morgan fingerprint density at radius 1 is 1.41 bits per heavy atom. The summed E-state index contributed by atoms with van der Waals surface area (Å²) in [4.78, 5) is 40.3. The van der Waals surface area contributed by atoms with Crippen LogP contribution in [0.4, 0.5) is 0 Å². The first-order valence-electron chi connectivity index (χ1n) is 9.19. The number of nitrogens with zero attached hydrogens (tertiary/aromatic N) is 2. The number of carboxylic acid groups (broad SMARTS) is 1. The second-order valence-corrected chi connectivity index (χ2v) is 9.25. The van der Waals surface area contributed by atoms with E-state index in [1.807, 2.05) is 25.9 Å². The SMILES string of the molecule is C[C@@H](O)C1C(=O)N2C(C(=O)O)=C(S[C@@H]3CNC(C(=O)CN(C)C)C3)[C@H](C)C12. The van der Waals surface area contributed by atoms with E-state index in [4.69, 9.17) is 0 Å². The number of hydrogen-bond acceptors (Lipinski definition) is 7. The van der Waals surface area contributed by atoms with E-state index < -0.39 is 18.0 Å². The molecule has 0 aromatic rings. The van der Waals surface area contributed by atoms with Gasteiger partial charge in [0.1, 0.15) is 5.70 Å². The molecule has 0 bridgehead atoms. The third-order valence-electron chi connectivity index (χ3n) is 5.56. The van der Waals surface area contributed by atoms with Crippen molar-refractivity contribution in [1.29, 1.82) is 0 Å². The third kappa shape index (κ3) is 3.53. The fourth-order valence-electron chi connectivity index (χ4n) is 4.32. The van der Waals surface area contributed by atoms with Crippen molar-refractivity contribution in [2.75, 3.05) is 27.2 Å². The summed E-state index contributed by atoms with van der Waals surface area (Å²) in [5.41, 5.74) is 0.0440. The highest BCUT2D eigenvalue weighted by atomic mass is 32.2. The van der Waals surface area contributed by atoms with Crippen LogP contribution in [0.25, 0.3) is 0 Å². The molecule has 9 heteroatoms. The smallest absolute Gasteiger partial charge is 0.353 e. The molecule has 0 spiro atoms. The quantitative estimate of drug-likeness (QED) is 0.504. The number of amides is 1. The summed E-state index contributed by atoms with van der Waals surface area (Å²) in [6.07, 6.45) is -0.166. The molecule has 0 radical (unpaired) electrons. The molecule has 1 amide bonds. The Morgan fingerprint density at radius 2 is 2.07 bits per heavy atom. The average Bonchev–Trinajstić information content (AvgIpc) is 3.10. The molecule has 8 nitrogen and oxygen atoms in total. The van der Waals surface area contributed by atoms with Crippen LogP contribution in [0.15, 0.2) is 10.6 Å². The lowest BCUT2D eigenvalue weighted by Gasteiger charge is -2.46. The molecule has 3 aliphatic rings. The molecule has 2 fully saturated rings. The van der Waals surface area contributed by atoms with Crippen molar-refractivity contribution in [2.24, 2.45) is 11.8 Å². The summed E-state index contributed by atoms with van der Waals surface area (Å²) >= 11 is 1.46. The molecule has 150 valence electrons. The number of β-lactam (4-membered cyclic amide) rings is 1. The van der Waals surface area contributed by atoms with E-state index in [0.717, 1.165) is 0 Å². The maximum Gasteiger partial charge on any atom is 0.353 e. The van der Waals surface area contributed by atoms with Gasteiger partial charge in [0, 0.05) is 22.6 Å². The minimum absolute atomic E-state index is 0.0440. The number of rotatable bonds is 7. The molecular formula is C18H27N3O5S. The largest absolute Gasteiger partial charge is 0.477 e. The van der Waals surface area contributed by atoms with Crippen molar-refractivity contribution < 1.29 is 24.6 Å². The number of likely N-dealkylation sites (N-methyl/N-ethyl adjacent to an activating group) is 1. The predicted octanol–water partition coefficient (Wildman–Crippen LogP) is -0.265. The van der Waals surface area contributed by atoms with E-state index in [9.17, 15) is 24.6 Å². The Balaban J connectivity index is 1.74. The number of aliphatic carboxylic acids is 1. The van der Waals surface area contributed by atoms with Crippen LogP contribution in [0.1, 0.15) is 20.3 Å². The van der Waals surface area contributed by atoms with Crippen molar-refractivity contribution >= 4 is 29.4 Å². The van der Waals surface area contributed by atoms with Gasteiger partial charge in [0.15, 0.2) is 5.78 Å². The Hall–Kier alpha value is -1.42. The monoisotopic (exact) mass is 397 g/mol. The maximum absolute atomic E-state index is 12.4. The highest BCUT2D eigenvalue weighted by molar-refractivity contribution is 8.03. The van der Waals surface area contributed by atoms with Crippen molar-refractivity contribution in [2.45, 2.75) is 43.7 Å². The number of ketones is 1. The van der Waals surface area contributed by atoms with Gasteiger partial charge >= 0.3 is 5.97 Å². The van der Waals surface area contributed by atoms with E-state index in [0.29, 0.717) is 24.4 Å². The number of aliphatic hydroxyl groups is 1. The van der Waals surface area contributed by atoms with Crippen LogP contribution >= 0.6 is 11.8 Å². The molecule has 3 rings (SSSR count). The Morgan fingerprint density at radius 3 is 2.63 bits per heavy atom. The van der Waals surface area contributed by atoms with Gasteiger partial charge in [-0.3, -0.25) is 9.59 Å². The Kier molecular flexibility index (Phi) is 5.67. The predicted molar refractivity (Wildman–Crippen MR) is 101 cm³/mol. The second-order valence-electron chi connectivity index (χ2n) is 7.91. The normalized spacial score (nSPS) is 34.1. The molecular weight excluding hydrogens is 370 g/mol. The first kappa shape index (κ1) is 20.3. The lowest BCUT2D eigenvalue weighted by molar-refractivity contribution is -0.163. The highest BCUT2D eigenvalue weighted by Gasteiger charge is 2.60. The number of carbonyl (C=O) groups excluding carboxylic acids is 2. The Labute approximate surface area is 163 Å². The van der Waals surface area contributed by atoms with E-state index in [1.54, 1.807) is 6.92 Å². The van der Waals surface area contributed by atoms with E-state index in [-0.39, 0.29) is 40.6 Å². The second kappa shape index (κ2) is 7.54. The van der Waals surface area contributed by atoms with Crippen LogP contribution in [0.2, 0.25) is 0 Å². The molecule has 0 saturated carbocycles. The number of hydrogen-bond donors (Lipinski definition) is 3. The number of nitrogens with one attached hydrogen (secondary N) is 1. The summed E-state index contributed by atoms with van der Waals surface area (Å²) in [6, 6.07) is -0.522. The summed E-state index contributed by atoms with van der Waals surface area (Å²) in [5.74, 6) is -2.00. The Bertz CT molecular complexity index is 692. The summed E-state index contributed by atoms with van der Waals surface area (Å²) < 4.78 is 0. The first-order chi connectivity index (χ1) is 12.6. The molecule has 6 atom stereocenters. The van der Waals surface area contributed by atoms with Crippen LogP contribution in [-0.4, -0.2) is 88.3 Å². The number of carbonyl (C=O) groups is 3. The van der Waals surface area contributed by atoms with Crippen molar-refractivity contribution in [1.82, 2.24) is 15.1 Å². The number of thioether (sulfide) groups is 1. The zero-order chi connectivity index (χ0) is 20.0. The number of carboxylic acids is 1. The van der Waals surface area contributed by atoms with E-state index in [2.05, 4.69) is 5.32 Å². The minimum atomic E-state index is -1.12. The minimum Gasteiger partial charge on any atom is -0.477 e. The number of Topliss-reactive ketones (excluding diaryl/α,β-unsaturated/α-hetero) is 1. The van der Waals surface area contributed by atoms with Gasteiger partial charge in [-0.2, -0.15) is 0 Å². The van der Waals surface area contributed by atoms with Gasteiger partial charge in [-0.15, -0.1) is 11.8 Å². The number of fused-ring (bicyclic) bond motifs is 1. The summed E-state index contributed by atoms with van der Waals surface area (Å²) in [7, 11) is 3.70. The van der Waals surface area contributed by atoms with Crippen LogP contribution in [0, 0.1) is 11.8 Å². The lowest BCUT2D eigenvalue weighted by atomic mass is 9.79. The first-order valence-corrected chi connectivity index (χ1v) is 10.1. The van der Waals surface area contributed by atoms with Gasteiger partial charge in [-0.1, -0.05) is 6.92 Å². The summed E-state index contributed by atoms with van der Waals surface area (Å²) in [6.45, 7) is 4.47. The van der Waals surface area contributed by atoms with E-state index in [1.165, 1.54) is 16.7 Å². The van der Waals surface area contributed by atoms with Gasteiger partial charge in [-0.05, 0) is 27.4 Å². The topological polar surface area (TPSA) is 110 Å². The van der Waals surface area contributed by atoms with Gasteiger partial charge in [0.05, 0.1) is 30.7 Å². The van der Waals surface area contributed by atoms with Gasteiger partial charge in [0.2, 0.25) is 5.91 Å². The standard InChI is InChI=1S/C18H27N3O5S/c1-8-14-13(9(2)22)17(24)21(14)15(18(25)26)16(8)27-10-5-11(19-6-10)12(23)7-20(3)4/h8-11,13-14,19,22H,5-7H2,1-4H3,(H,25,26)/t8-,9-,10+,11?,13?,14?/m1/s1. The van der Waals surface area contributed by atoms with Crippen LogP contribution in [0.5, 0.6) is 0 Å². The lowest BCUT2D eigenvalue weighted by Crippen LogP contribution is -2.63. The van der Waals surface area contributed by atoms with Gasteiger partial charge in [0.25, 0.3) is 0 Å². The highest BCUT2D eigenvalue weighted by Crippen LogP contribution is 2.51. The zero-order valence-corrected chi connectivity index (χ0v) is 16.8. The molecule has 0 aromatic carbocycles. The molecule has 3 N–H and O–H groups in total. The average molecular weight is 397 g/mol. The fourth-order valence-corrected chi connectivity index (χ4v) is 5.80. The molecule has 0 aromatic heterocycles. The maximum atomic E-state index is 12.4. The molecule has 0 aliphatic carbocycles. The van der Waals surface area contributed by atoms with Crippen molar-refractivity contribution in [3.05, 3.63) is 10.6 Å². The number of aliphatic hydroxyl groups excluding tert-OH is 1. The molecule has 3 heterocycles. The van der Waals surface area contributed by atoms with Gasteiger partial charge < -0.3 is 25.3 Å². The molecule has 27 heavy (non-hydrogen) atoms. The van der Waals surface area contributed by atoms with E-state index >= 15 is 0 Å². The van der Waals surface area contributed by atoms with Crippen molar-refractivity contribution in [3.8, 4) is 0 Å². The zero-order valence-electron chi connectivity index (χ0n) is 16.0. The van der Waals surface area contributed by atoms with Gasteiger partial charge in [-0.25, -0.2) is 4.79 Å². The van der Waals surface area contributed by atoms with Crippen LogP contribution < -0.4 is 5.32 Å². The fraction of sp³-hybridized carbons (Fsp3) is 0.722. The molecule has 3 unspecified atom stereocenters. The molecule has 3 aliphatic heterocycles. The third-order valence-corrected chi connectivity index (χ3v) is 7.07. The molecule has 2 saturated heterocycles. The van der Waals surface area contributed by atoms with Crippen LogP contribution in [0.3, 0.4) is 0 Å². The van der Waals surface area contributed by atoms with Crippen LogP contribution in [-0.2, 0) is 14.4 Å².